The molecule has 0 unspecified atom stereocenters. The molecule has 0 aliphatic rings. The van der Waals surface area contributed by atoms with Crippen molar-refractivity contribution in [2.24, 2.45) is 0 Å². The maximum atomic E-state index is 10.7. The van der Waals surface area contributed by atoms with Gasteiger partial charge in [0.25, 0.3) is 0 Å². The standard InChI is InChI=1S/C10H13N3O2/c1-3-4-7-11-10-9(13(14)15)6-5-8(2)12-10/h3,5-6H,1,4,7H2,2H3,(H,11,12). The minimum atomic E-state index is -0.442. The Morgan fingerprint density at radius 3 is 3.00 bits per heavy atom. The first-order valence-electron chi connectivity index (χ1n) is 4.62. The molecule has 15 heavy (non-hydrogen) atoms. The molecule has 80 valence electrons. The summed E-state index contributed by atoms with van der Waals surface area (Å²) in [5.41, 5.74) is 0.756. The number of nitro groups is 1. The van der Waals surface area contributed by atoms with Crippen LogP contribution in [0, 0.1) is 17.0 Å². The van der Waals surface area contributed by atoms with Crippen molar-refractivity contribution in [1.82, 2.24) is 4.98 Å². The number of hydrogen-bond acceptors (Lipinski definition) is 4. The van der Waals surface area contributed by atoms with Gasteiger partial charge in [0.05, 0.1) is 4.92 Å². The lowest BCUT2D eigenvalue weighted by Gasteiger charge is -2.05. The molecular formula is C10H13N3O2. The van der Waals surface area contributed by atoms with Crippen LogP contribution in [0.25, 0.3) is 0 Å². The fourth-order valence-corrected chi connectivity index (χ4v) is 1.12. The van der Waals surface area contributed by atoms with Crippen molar-refractivity contribution in [3.8, 4) is 0 Å². The summed E-state index contributed by atoms with van der Waals surface area (Å²) >= 11 is 0. The molecule has 1 N–H and O–H groups in total. The molecule has 5 heteroatoms. The van der Waals surface area contributed by atoms with Crippen LogP contribution in [0.1, 0.15) is 12.1 Å². The van der Waals surface area contributed by atoms with Crippen molar-refractivity contribution in [2.75, 3.05) is 11.9 Å². The average Bonchev–Trinajstić information content (AvgIpc) is 2.18. The molecule has 0 atom stereocenters. The number of nitrogens with one attached hydrogen (secondary N) is 1. The van der Waals surface area contributed by atoms with Crippen molar-refractivity contribution in [3.05, 3.63) is 40.6 Å². The first-order valence-corrected chi connectivity index (χ1v) is 4.62. The lowest BCUT2D eigenvalue weighted by Crippen LogP contribution is -2.06. The van der Waals surface area contributed by atoms with Crippen LogP contribution in [0.5, 0.6) is 0 Å². The van der Waals surface area contributed by atoms with E-state index in [1.165, 1.54) is 6.07 Å². The summed E-state index contributed by atoms with van der Waals surface area (Å²) in [4.78, 5) is 14.3. The number of nitrogens with zero attached hydrogens (tertiary/aromatic N) is 2. The second kappa shape index (κ2) is 5.09. The molecule has 0 amide bonds. The molecule has 0 aliphatic heterocycles. The van der Waals surface area contributed by atoms with Gasteiger partial charge in [-0.25, -0.2) is 4.98 Å². The van der Waals surface area contributed by atoms with Gasteiger partial charge in [-0.2, -0.15) is 0 Å². The van der Waals surface area contributed by atoms with E-state index in [0.29, 0.717) is 12.4 Å². The van der Waals surface area contributed by atoms with Crippen molar-refractivity contribution in [2.45, 2.75) is 13.3 Å². The van der Waals surface area contributed by atoms with Gasteiger partial charge in [-0.15, -0.1) is 6.58 Å². The summed E-state index contributed by atoms with van der Waals surface area (Å²) in [6, 6.07) is 3.08. The van der Waals surface area contributed by atoms with Gasteiger partial charge in [0.2, 0.25) is 5.82 Å². The van der Waals surface area contributed by atoms with E-state index in [9.17, 15) is 10.1 Å². The lowest BCUT2D eigenvalue weighted by atomic mass is 10.3. The summed E-state index contributed by atoms with van der Waals surface area (Å²) in [5, 5.41) is 13.6. The summed E-state index contributed by atoms with van der Waals surface area (Å²) < 4.78 is 0. The topological polar surface area (TPSA) is 68.1 Å². The average molecular weight is 207 g/mol. The third-order valence-corrected chi connectivity index (χ3v) is 1.85. The molecule has 1 aromatic heterocycles. The Labute approximate surface area is 88.0 Å². The van der Waals surface area contributed by atoms with Crippen molar-refractivity contribution < 1.29 is 4.92 Å². The van der Waals surface area contributed by atoms with E-state index < -0.39 is 4.92 Å². The van der Waals surface area contributed by atoms with E-state index in [1.807, 2.05) is 0 Å². The van der Waals surface area contributed by atoms with Crippen molar-refractivity contribution >= 4 is 11.5 Å². The van der Waals surface area contributed by atoms with Crippen LogP contribution in [-0.4, -0.2) is 16.5 Å². The Kier molecular flexibility index (Phi) is 3.79. The number of aryl methyl sites for hydroxylation is 1. The highest BCUT2D eigenvalue weighted by Gasteiger charge is 2.13. The van der Waals surface area contributed by atoms with Crippen LogP contribution in [0.15, 0.2) is 24.8 Å². The van der Waals surface area contributed by atoms with Gasteiger partial charge in [-0.1, -0.05) is 6.08 Å². The van der Waals surface area contributed by atoms with Gasteiger partial charge in [-0.3, -0.25) is 10.1 Å². The zero-order chi connectivity index (χ0) is 11.3. The zero-order valence-corrected chi connectivity index (χ0v) is 8.56. The van der Waals surface area contributed by atoms with Crippen LogP contribution in [0.2, 0.25) is 0 Å². The Bertz CT molecular complexity index is 377. The Hall–Kier alpha value is -1.91. The van der Waals surface area contributed by atoms with E-state index in [1.54, 1.807) is 19.1 Å². The summed E-state index contributed by atoms with van der Waals surface area (Å²) in [6.45, 7) is 5.96. The number of pyridine rings is 1. The van der Waals surface area contributed by atoms with Crippen LogP contribution in [-0.2, 0) is 0 Å². The third kappa shape index (κ3) is 3.05. The van der Waals surface area contributed by atoms with Gasteiger partial charge >= 0.3 is 5.69 Å². The van der Waals surface area contributed by atoms with Crippen LogP contribution < -0.4 is 5.32 Å². The highest BCUT2D eigenvalue weighted by atomic mass is 16.6. The first-order chi connectivity index (χ1) is 7.15. The molecule has 0 spiro atoms. The predicted octanol–water partition coefficient (Wildman–Crippen LogP) is 2.29. The normalized spacial score (nSPS) is 9.67. The van der Waals surface area contributed by atoms with Gasteiger partial charge < -0.3 is 5.32 Å². The van der Waals surface area contributed by atoms with E-state index in [-0.39, 0.29) is 5.69 Å². The highest BCUT2D eigenvalue weighted by molar-refractivity contribution is 5.55. The molecule has 1 aromatic rings. The van der Waals surface area contributed by atoms with Gasteiger partial charge in [0, 0.05) is 18.3 Å². The van der Waals surface area contributed by atoms with Gasteiger partial charge in [0.1, 0.15) is 0 Å². The first kappa shape index (κ1) is 11.2. The molecule has 0 fully saturated rings. The lowest BCUT2D eigenvalue weighted by molar-refractivity contribution is -0.384. The van der Waals surface area contributed by atoms with Gasteiger partial charge in [-0.05, 0) is 19.4 Å². The molecule has 0 bridgehead atoms. The maximum absolute atomic E-state index is 10.7. The van der Waals surface area contributed by atoms with Crippen LogP contribution in [0.4, 0.5) is 11.5 Å². The second-order valence-corrected chi connectivity index (χ2v) is 3.08. The SMILES string of the molecule is C=CCCNc1nc(C)ccc1[N+](=O)[O-]. The Morgan fingerprint density at radius 1 is 1.67 bits per heavy atom. The molecule has 0 radical (unpaired) electrons. The minimum Gasteiger partial charge on any atom is -0.364 e. The highest BCUT2D eigenvalue weighted by Crippen LogP contribution is 2.21. The fraction of sp³-hybridized carbons (Fsp3) is 0.300. The summed E-state index contributed by atoms with van der Waals surface area (Å²) in [7, 11) is 0. The van der Waals surface area contributed by atoms with E-state index >= 15 is 0 Å². The third-order valence-electron chi connectivity index (χ3n) is 1.85. The van der Waals surface area contributed by atoms with Crippen molar-refractivity contribution in [1.29, 1.82) is 0 Å². The van der Waals surface area contributed by atoms with Crippen molar-refractivity contribution in [3.63, 3.8) is 0 Å². The van der Waals surface area contributed by atoms with Crippen LogP contribution in [0.3, 0.4) is 0 Å². The Balaban J connectivity index is 2.86. The van der Waals surface area contributed by atoms with Gasteiger partial charge in [0.15, 0.2) is 0 Å². The fourth-order valence-electron chi connectivity index (χ4n) is 1.12. The molecule has 0 aromatic carbocycles. The smallest absolute Gasteiger partial charge is 0.311 e. The minimum absolute atomic E-state index is 0.00432. The number of hydrogen-bond donors (Lipinski definition) is 1. The maximum Gasteiger partial charge on any atom is 0.311 e. The largest absolute Gasteiger partial charge is 0.364 e. The zero-order valence-electron chi connectivity index (χ0n) is 8.56. The molecule has 1 heterocycles. The van der Waals surface area contributed by atoms with Crippen LogP contribution >= 0.6 is 0 Å². The molecule has 0 saturated carbocycles. The Morgan fingerprint density at radius 2 is 2.40 bits per heavy atom. The number of aromatic nitrogens is 1. The quantitative estimate of drug-likeness (QED) is 0.348. The van der Waals surface area contributed by atoms with E-state index in [2.05, 4.69) is 16.9 Å². The second-order valence-electron chi connectivity index (χ2n) is 3.08. The van der Waals surface area contributed by atoms with E-state index in [4.69, 9.17) is 0 Å². The molecule has 0 saturated heterocycles. The number of anilines is 1. The summed E-state index contributed by atoms with van der Waals surface area (Å²) in [5.74, 6) is 0.321. The molecule has 5 nitrogen and oxygen atoms in total. The summed E-state index contributed by atoms with van der Waals surface area (Å²) in [6.07, 6.45) is 2.49. The monoisotopic (exact) mass is 207 g/mol. The number of rotatable bonds is 5. The predicted molar refractivity (Wildman–Crippen MR) is 58.9 cm³/mol. The molecular weight excluding hydrogens is 194 g/mol. The molecule has 0 aliphatic carbocycles. The molecule has 1 rings (SSSR count). The van der Waals surface area contributed by atoms with E-state index in [0.717, 1.165) is 12.1 Å².